The van der Waals surface area contributed by atoms with E-state index in [4.69, 9.17) is 34.8 Å². The number of hydrogen-bond acceptors (Lipinski definition) is 1. The van der Waals surface area contributed by atoms with Gasteiger partial charge in [-0.15, -0.1) is 11.6 Å². The van der Waals surface area contributed by atoms with E-state index < -0.39 is 0 Å². The summed E-state index contributed by atoms with van der Waals surface area (Å²) in [6.45, 7) is 2.45. The molecule has 1 aromatic carbocycles. The summed E-state index contributed by atoms with van der Waals surface area (Å²) >= 11 is 17.4. The lowest BCUT2D eigenvalue weighted by Crippen LogP contribution is -2.29. The maximum absolute atomic E-state index is 11.8. The van der Waals surface area contributed by atoms with Crippen LogP contribution in [-0.4, -0.2) is 18.3 Å². The number of carbonyl (C=O) groups is 1. The molecule has 1 rings (SSSR count). The Morgan fingerprint density at radius 3 is 2.44 bits per heavy atom. The van der Waals surface area contributed by atoms with Gasteiger partial charge in [-0.3, -0.25) is 4.79 Å². The molecule has 88 valence electrons. The third-order valence-corrected chi connectivity index (χ3v) is 3.22. The molecule has 0 aliphatic carbocycles. The molecule has 0 aliphatic rings. The number of carbonyl (C=O) groups excluding carboxylic acids is 1. The number of halogens is 3. The van der Waals surface area contributed by atoms with Crippen molar-refractivity contribution >= 4 is 40.7 Å². The quantitative estimate of drug-likeness (QED) is 0.839. The Kier molecular flexibility index (Phi) is 5.39. The van der Waals surface area contributed by atoms with Crippen molar-refractivity contribution in [1.82, 2.24) is 5.32 Å². The first kappa shape index (κ1) is 13.6. The van der Waals surface area contributed by atoms with Crippen LogP contribution in [0.2, 0.25) is 10.0 Å². The van der Waals surface area contributed by atoms with Crippen LogP contribution in [0.3, 0.4) is 0 Å². The average Bonchev–Trinajstić information content (AvgIpc) is 2.25. The molecule has 1 unspecified atom stereocenters. The van der Waals surface area contributed by atoms with Crippen LogP contribution in [0.15, 0.2) is 18.2 Å². The topological polar surface area (TPSA) is 29.1 Å². The highest BCUT2D eigenvalue weighted by Crippen LogP contribution is 2.23. The van der Waals surface area contributed by atoms with Gasteiger partial charge in [0.15, 0.2) is 0 Å². The molecular weight excluding hydrogens is 268 g/mol. The molecule has 2 nitrogen and oxygen atoms in total. The summed E-state index contributed by atoms with van der Waals surface area (Å²) in [6.07, 6.45) is 0. The van der Waals surface area contributed by atoms with E-state index in [0.717, 1.165) is 0 Å². The zero-order valence-corrected chi connectivity index (χ0v) is 11.0. The van der Waals surface area contributed by atoms with Crippen molar-refractivity contribution in [2.24, 2.45) is 5.92 Å². The molecule has 0 aromatic heterocycles. The Balaban J connectivity index is 2.73. The Morgan fingerprint density at radius 1 is 1.38 bits per heavy atom. The summed E-state index contributed by atoms with van der Waals surface area (Å²) in [5.41, 5.74) is 0.313. The van der Waals surface area contributed by atoms with Crippen molar-refractivity contribution < 1.29 is 4.79 Å². The molecule has 0 saturated heterocycles. The molecule has 0 heterocycles. The van der Waals surface area contributed by atoms with Crippen LogP contribution < -0.4 is 5.32 Å². The minimum atomic E-state index is -0.271. The first-order chi connectivity index (χ1) is 7.56. The molecule has 0 aliphatic heterocycles. The summed E-state index contributed by atoms with van der Waals surface area (Å²) in [4.78, 5) is 11.8. The van der Waals surface area contributed by atoms with Crippen LogP contribution in [-0.2, 0) is 0 Å². The van der Waals surface area contributed by atoms with Crippen molar-refractivity contribution in [2.45, 2.75) is 6.92 Å². The van der Waals surface area contributed by atoms with Crippen molar-refractivity contribution in [2.75, 3.05) is 12.4 Å². The minimum Gasteiger partial charge on any atom is -0.352 e. The number of alkyl halides is 1. The van der Waals surface area contributed by atoms with Crippen LogP contribution in [0.25, 0.3) is 0 Å². The van der Waals surface area contributed by atoms with Crippen LogP contribution >= 0.6 is 34.8 Å². The second-order valence-corrected chi connectivity index (χ2v) is 4.69. The molecule has 5 heteroatoms. The van der Waals surface area contributed by atoms with Gasteiger partial charge >= 0.3 is 0 Å². The smallest absolute Gasteiger partial charge is 0.254 e. The maximum atomic E-state index is 11.8. The van der Waals surface area contributed by atoms with E-state index in [0.29, 0.717) is 28.0 Å². The summed E-state index contributed by atoms with van der Waals surface area (Å²) in [5, 5.41) is 3.44. The molecule has 16 heavy (non-hydrogen) atoms. The van der Waals surface area contributed by atoms with Gasteiger partial charge in [-0.25, -0.2) is 0 Å². The normalized spacial score (nSPS) is 12.2. The van der Waals surface area contributed by atoms with Crippen LogP contribution in [0.1, 0.15) is 17.3 Å². The lowest BCUT2D eigenvalue weighted by atomic mass is 10.2. The van der Waals surface area contributed by atoms with E-state index in [1.54, 1.807) is 18.2 Å². The highest BCUT2D eigenvalue weighted by atomic mass is 35.5. The predicted molar refractivity (Wildman–Crippen MR) is 68.7 cm³/mol. The summed E-state index contributed by atoms with van der Waals surface area (Å²) in [7, 11) is 0. The zero-order valence-electron chi connectivity index (χ0n) is 8.77. The third-order valence-electron chi connectivity index (χ3n) is 2.06. The lowest BCUT2D eigenvalue weighted by molar-refractivity contribution is 0.0949. The van der Waals surface area contributed by atoms with Crippen molar-refractivity contribution in [3.63, 3.8) is 0 Å². The highest BCUT2D eigenvalue weighted by molar-refractivity contribution is 6.39. The second kappa shape index (κ2) is 6.33. The molecule has 1 atom stereocenters. The average molecular weight is 281 g/mol. The fourth-order valence-electron chi connectivity index (χ4n) is 1.12. The van der Waals surface area contributed by atoms with E-state index >= 15 is 0 Å². The van der Waals surface area contributed by atoms with Crippen LogP contribution in [0.5, 0.6) is 0 Å². The number of hydrogen-bond donors (Lipinski definition) is 1. The lowest BCUT2D eigenvalue weighted by Gasteiger charge is -2.11. The Labute approximate surface area is 110 Å². The van der Waals surface area contributed by atoms with E-state index in [1.807, 2.05) is 6.92 Å². The SMILES string of the molecule is CC(CCl)CNC(=O)c1c(Cl)cccc1Cl. The molecule has 0 radical (unpaired) electrons. The number of benzene rings is 1. The third kappa shape index (κ3) is 3.55. The minimum absolute atomic E-state index is 0.215. The van der Waals surface area contributed by atoms with Gasteiger partial charge in [0, 0.05) is 12.4 Å². The van der Waals surface area contributed by atoms with Gasteiger partial charge in [-0.2, -0.15) is 0 Å². The fraction of sp³-hybridized carbons (Fsp3) is 0.364. The molecule has 0 fully saturated rings. The zero-order chi connectivity index (χ0) is 12.1. The van der Waals surface area contributed by atoms with Gasteiger partial charge in [0.05, 0.1) is 15.6 Å². The standard InChI is InChI=1S/C11H12Cl3NO/c1-7(5-12)6-15-11(16)10-8(13)3-2-4-9(10)14/h2-4,7H,5-6H2,1H3,(H,15,16). The summed E-state index contributed by atoms with van der Waals surface area (Å²) < 4.78 is 0. The Hall–Kier alpha value is -0.440. The van der Waals surface area contributed by atoms with E-state index in [-0.39, 0.29) is 11.8 Å². The van der Waals surface area contributed by atoms with Gasteiger partial charge in [0.1, 0.15) is 0 Å². The number of rotatable bonds is 4. The van der Waals surface area contributed by atoms with Crippen LogP contribution in [0, 0.1) is 5.92 Å². The number of nitrogens with one attached hydrogen (secondary N) is 1. The highest BCUT2D eigenvalue weighted by Gasteiger charge is 2.14. The van der Waals surface area contributed by atoms with Crippen molar-refractivity contribution in [3.8, 4) is 0 Å². The second-order valence-electron chi connectivity index (χ2n) is 3.57. The predicted octanol–water partition coefficient (Wildman–Crippen LogP) is 3.60. The molecule has 1 amide bonds. The Morgan fingerprint density at radius 2 is 1.94 bits per heavy atom. The molecule has 1 aromatic rings. The van der Waals surface area contributed by atoms with Gasteiger partial charge < -0.3 is 5.32 Å². The largest absolute Gasteiger partial charge is 0.352 e. The maximum Gasteiger partial charge on any atom is 0.254 e. The van der Waals surface area contributed by atoms with Gasteiger partial charge in [0.2, 0.25) is 0 Å². The van der Waals surface area contributed by atoms with Gasteiger partial charge in [0.25, 0.3) is 5.91 Å². The van der Waals surface area contributed by atoms with E-state index in [1.165, 1.54) is 0 Å². The fourth-order valence-corrected chi connectivity index (χ4v) is 1.80. The summed E-state index contributed by atoms with van der Waals surface area (Å²) in [6, 6.07) is 4.96. The first-order valence-electron chi connectivity index (χ1n) is 4.84. The molecule has 0 saturated carbocycles. The first-order valence-corrected chi connectivity index (χ1v) is 6.13. The Bertz CT molecular complexity index is 361. The number of amides is 1. The molecule has 0 bridgehead atoms. The summed E-state index contributed by atoms with van der Waals surface area (Å²) in [5.74, 6) is 0.440. The van der Waals surface area contributed by atoms with Gasteiger partial charge in [-0.1, -0.05) is 36.2 Å². The molecule has 0 spiro atoms. The van der Waals surface area contributed by atoms with E-state index in [2.05, 4.69) is 5.32 Å². The van der Waals surface area contributed by atoms with Gasteiger partial charge in [-0.05, 0) is 18.1 Å². The van der Waals surface area contributed by atoms with Crippen molar-refractivity contribution in [3.05, 3.63) is 33.8 Å². The van der Waals surface area contributed by atoms with E-state index in [9.17, 15) is 4.79 Å². The van der Waals surface area contributed by atoms with Crippen molar-refractivity contribution in [1.29, 1.82) is 0 Å². The molecular formula is C11H12Cl3NO. The van der Waals surface area contributed by atoms with Crippen LogP contribution in [0.4, 0.5) is 0 Å². The molecule has 1 N–H and O–H groups in total. The monoisotopic (exact) mass is 279 g/mol.